The zero-order valence-electron chi connectivity index (χ0n) is 13.2. The lowest BCUT2D eigenvalue weighted by atomic mass is 10.3. The van der Waals surface area contributed by atoms with Crippen LogP contribution in [0.5, 0.6) is 11.5 Å². The van der Waals surface area contributed by atoms with Crippen molar-refractivity contribution in [2.45, 2.75) is 13.3 Å². The zero-order valence-corrected chi connectivity index (χ0v) is 13.2. The van der Waals surface area contributed by atoms with Gasteiger partial charge in [-0.25, -0.2) is 4.79 Å². The van der Waals surface area contributed by atoms with Gasteiger partial charge in [-0.2, -0.15) is 0 Å². The SMILES string of the molecule is CCOC(=O)Nc1cccc(OCCCOc2ccccc2)c1. The van der Waals surface area contributed by atoms with Gasteiger partial charge in [0.25, 0.3) is 0 Å². The molecule has 2 rings (SSSR count). The lowest BCUT2D eigenvalue weighted by Crippen LogP contribution is -2.13. The molecule has 0 fully saturated rings. The van der Waals surface area contributed by atoms with Crippen LogP contribution in [0.1, 0.15) is 13.3 Å². The molecule has 1 N–H and O–H groups in total. The van der Waals surface area contributed by atoms with E-state index >= 15 is 0 Å². The summed E-state index contributed by atoms with van der Waals surface area (Å²) in [7, 11) is 0. The second-order valence-corrected chi connectivity index (χ2v) is 4.74. The molecule has 0 unspecified atom stereocenters. The molecule has 0 bridgehead atoms. The smallest absolute Gasteiger partial charge is 0.411 e. The summed E-state index contributed by atoms with van der Waals surface area (Å²) in [6, 6.07) is 16.9. The van der Waals surface area contributed by atoms with Crippen molar-refractivity contribution in [3.63, 3.8) is 0 Å². The summed E-state index contributed by atoms with van der Waals surface area (Å²) in [5.41, 5.74) is 0.640. The maximum atomic E-state index is 11.4. The third-order valence-corrected chi connectivity index (χ3v) is 2.93. The number of benzene rings is 2. The van der Waals surface area contributed by atoms with Crippen LogP contribution in [0.15, 0.2) is 54.6 Å². The van der Waals surface area contributed by atoms with Crippen LogP contribution >= 0.6 is 0 Å². The third kappa shape index (κ3) is 6.30. The molecule has 0 radical (unpaired) electrons. The molecule has 5 nitrogen and oxygen atoms in total. The van der Waals surface area contributed by atoms with E-state index in [-0.39, 0.29) is 0 Å². The van der Waals surface area contributed by atoms with Crippen LogP contribution in [0.2, 0.25) is 0 Å². The highest BCUT2D eigenvalue weighted by atomic mass is 16.5. The fourth-order valence-corrected chi connectivity index (χ4v) is 1.90. The van der Waals surface area contributed by atoms with Crippen molar-refractivity contribution in [2.24, 2.45) is 0 Å². The fourth-order valence-electron chi connectivity index (χ4n) is 1.90. The summed E-state index contributed by atoms with van der Waals surface area (Å²) in [4.78, 5) is 11.4. The number of carbonyl (C=O) groups excluding carboxylic acids is 1. The quantitative estimate of drug-likeness (QED) is 0.745. The highest BCUT2D eigenvalue weighted by Crippen LogP contribution is 2.17. The van der Waals surface area contributed by atoms with Crippen LogP contribution in [0, 0.1) is 0 Å². The Morgan fingerprint density at radius 2 is 1.65 bits per heavy atom. The second-order valence-electron chi connectivity index (χ2n) is 4.74. The van der Waals surface area contributed by atoms with Crippen molar-refractivity contribution < 1.29 is 19.0 Å². The van der Waals surface area contributed by atoms with E-state index in [0.717, 1.165) is 12.2 Å². The third-order valence-electron chi connectivity index (χ3n) is 2.93. The molecular formula is C18H21NO4. The maximum Gasteiger partial charge on any atom is 0.411 e. The van der Waals surface area contributed by atoms with E-state index in [2.05, 4.69) is 5.32 Å². The molecule has 0 aliphatic carbocycles. The second kappa shape index (κ2) is 9.35. The van der Waals surface area contributed by atoms with Crippen LogP contribution < -0.4 is 14.8 Å². The molecule has 0 spiro atoms. The van der Waals surface area contributed by atoms with Crippen molar-refractivity contribution in [1.82, 2.24) is 0 Å². The van der Waals surface area contributed by atoms with Gasteiger partial charge < -0.3 is 14.2 Å². The number of hydrogen-bond donors (Lipinski definition) is 1. The number of ether oxygens (including phenoxy) is 3. The molecule has 0 saturated heterocycles. The normalized spacial score (nSPS) is 9.96. The van der Waals surface area contributed by atoms with E-state index in [1.54, 1.807) is 19.1 Å². The molecular weight excluding hydrogens is 294 g/mol. The molecule has 1 amide bonds. The van der Waals surface area contributed by atoms with Gasteiger partial charge in [-0.15, -0.1) is 0 Å². The van der Waals surface area contributed by atoms with Gasteiger partial charge >= 0.3 is 6.09 Å². The van der Waals surface area contributed by atoms with E-state index in [4.69, 9.17) is 14.2 Å². The highest BCUT2D eigenvalue weighted by Gasteiger charge is 2.03. The molecule has 5 heteroatoms. The van der Waals surface area contributed by atoms with Gasteiger partial charge in [-0.1, -0.05) is 24.3 Å². The first-order chi connectivity index (χ1) is 11.3. The standard InChI is InChI=1S/C18H21NO4/c1-2-21-18(20)19-15-8-6-11-17(14-15)23-13-7-12-22-16-9-4-3-5-10-16/h3-6,8-11,14H,2,7,12-13H2,1H3,(H,19,20). The first kappa shape index (κ1) is 16.7. The zero-order chi connectivity index (χ0) is 16.3. The summed E-state index contributed by atoms with van der Waals surface area (Å²) in [6.07, 6.45) is 0.297. The molecule has 122 valence electrons. The van der Waals surface area contributed by atoms with E-state index in [0.29, 0.717) is 31.3 Å². The van der Waals surface area contributed by atoms with Gasteiger partial charge in [0.15, 0.2) is 0 Å². The number of anilines is 1. The number of nitrogens with one attached hydrogen (secondary N) is 1. The van der Waals surface area contributed by atoms with Crippen molar-refractivity contribution in [3.05, 3.63) is 54.6 Å². The number of amides is 1. The Morgan fingerprint density at radius 3 is 2.39 bits per heavy atom. The molecule has 0 atom stereocenters. The Hall–Kier alpha value is -2.69. The lowest BCUT2D eigenvalue weighted by Gasteiger charge is -2.10. The van der Waals surface area contributed by atoms with Crippen molar-refractivity contribution in [3.8, 4) is 11.5 Å². The predicted molar refractivity (Wildman–Crippen MR) is 89.1 cm³/mol. The molecule has 0 heterocycles. The first-order valence-corrected chi connectivity index (χ1v) is 7.62. The Morgan fingerprint density at radius 1 is 0.957 bits per heavy atom. The summed E-state index contributed by atoms with van der Waals surface area (Å²) in [5, 5.41) is 2.64. The van der Waals surface area contributed by atoms with Crippen LogP contribution in [0.25, 0.3) is 0 Å². The largest absolute Gasteiger partial charge is 0.493 e. The van der Waals surface area contributed by atoms with Crippen molar-refractivity contribution in [2.75, 3.05) is 25.1 Å². The minimum Gasteiger partial charge on any atom is -0.493 e. The van der Waals surface area contributed by atoms with Gasteiger partial charge in [0, 0.05) is 18.2 Å². The number of carbonyl (C=O) groups is 1. The summed E-state index contributed by atoms with van der Waals surface area (Å²) >= 11 is 0. The van der Waals surface area contributed by atoms with Gasteiger partial charge in [0.05, 0.1) is 19.8 Å². The Balaban J connectivity index is 1.70. The van der Waals surface area contributed by atoms with E-state index < -0.39 is 6.09 Å². The molecule has 0 aliphatic rings. The van der Waals surface area contributed by atoms with Gasteiger partial charge in [0.2, 0.25) is 0 Å². The molecule has 0 aromatic heterocycles. The van der Waals surface area contributed by atoms with E-state index in [1.807, 2.05) is 42.5 Å². The number of rotatable bonds is 8. The molecule has 0 aliphatic heterocycles. The van der Waals surface area contributed by atoms with Crippen LogP contribution in [0.3, 0.4) is 0 Å². The van der Waals surface area contributed by atoms with Crippen molar-refractivity contribution in [1.29, 1.82) is 0 Å². The van der Waals surface area contributed by atoms with E-state index in [1.165, 1.54) is 0 Å². The van der Waals surface area contributed by atoms with Gasteiger partial charge in [-0.3, -0.25) is 5.32 Å². The molecule has 2 aromatic carbocycles. The number of para-hydroxylation sites is 1. The maximum absolute atomic E-state index is 11.4. The van der Waals surface area contributed by atoms with Crippen LogP contribution in [-0.2, 0) is 4.74 Å². The Bertz CT molecular complexity index is 601. The summed E-state index contributed by atoms with van der Waals surface area (Å²) in [5.74, 6) is 1.55. The Labute approximate surface area is 136 Å². The summed E-state index contributed by atoms with van der Waals surface area (Å²) < 4.78 is 16.1. The van der Waals surface area contributed by atoms with E-state index in [9.17, 15) is 4.79 Å². The fraction of sp³-hybridized carbons (Fsp3) is 0.278. The number of hydrogen-bond acceptors (Lipinski definition) is 4. The van der Waals surface area contributed by atoms with Crippen molar-refractivity contribution >= 4 is 11.8 Å². The average molecular weight is 315 g/mol. The molecule has 23 heavy (non-hydrogen) atoms. The first-order valence-electron chi connectivity index (χ1n) is 7.62. The van der Waals surface area contributed by atoms with Crippen LogP contribution in [-0.4, -0.2) is 25.9 Å². The summed E-state index contributed by atoms with van der Waals surface area (Å²) in [6.45, 7) is 3.22. The highest BCUT2D eigenvalue weighted by molar-refractivity contribution is 5.84. The minimum atomic E-state index is -0.471. The topological polar surface area (TPSA) is 56.8 Å². The Kier molecular flexibility index (Phi) is 6.78. The molecule has 2 aromatic rings. The average Bonchev–Trinajstić information content (AvgIpc) is 2.56. The van der Waals surface area contributed by atoms with Gasteiger partial charge in [0.1, 0.15) is 11.5 Å². The predicted octanol–water partition coefficient (Wildman–Crippen LogP) is 4.10. The molecule has 0 saturated carbocycles. The van der Waals surface area contributed by atoms with Gasteiger partial charge in [-0.05, 0) is 31.2 Å². The lowest BCUT2D eigenvalue weighted by molar-refractivity contribution is 0.168. The minimum absolute atomic E-state index is 0.337. The van der Waals surface area contributed by atoms with Crippen LogP contribution in [0.4, 0.5) is 10.5 Å². The monoisotopic (exact) mass is 315 g/mol.